The van der Waals surface area contributed by atoms with Gasteiger partial charge in [-0.15, -0.1) is 0 Å². The van der Waals surface area contributed by atoms with E-state index in [1.807, 2.05) is 0 Å². The molecular weight excluding hydrogens is 208 g/mol. The zero-order chi connectivity index (χ0) is 11.7. The summed E-state index contributed by atoms with van der Waals surface area (Å²) in [6.45, 7) is 4.97. The highest BCUT2D eigenvalue weighted by molar-refractivity contribution is 4.95. The summed E-state index contributed by atoms with van der Waals surface area (Å²) in [5.41, 5.74) is 0. The summed E-state index contributed by atoms with van der Waals surface area (Å²) in [6, 6.07) is 2.47. The van der Waals surface area contributed by atoms with Gasteiger partial charge in [0.2, 0.25) is 0 Å². The van der Waals surface area contributed by atoms with Crippen LogP contribution in [-0.2, 0) is 0 Å². The van der Waals surface area contributed by atoms with E-state index < -0.39 is 0 Å². The summed E-state index contributed by atoms with van der Waals surface area (Å²) in [5, 5.41) is 3.77. The number of piperazine rings is 1. The fourth-order valence-corrected chi connectivity index (χ4v) is 3.82. The van der Waals surface area contributed by atoms with Crippen molar-refractivity contribution in [3.05, 3.63) is 0 Å². The number of rotatable bonds is 2. The van der Waals surface area contributed by atoms with Crippen molar-refractivity contribution in [1.29, 1.82) is 0 Å². The monoisotopic (exact) mass is 236 g/mol. The van der Waals surface area contributed by atoms with Crippen molar-refractivity contribution in [2.24, 2.45) is 5.92 Å². The van der Waals surface area contributed by atoms with E-state index in [-0.39, 0.29) is 0 Å². The van der Waals surface area contributed by atoms with E-state index in [0.717, 1.165) is 24.0 Å². The molecule has 2 aliphatic carbocycles. The Morgan fingerprint density at radius 1 is 0.941 bits per heavy atom. The van der Waals surface area contributed by atoms with E-state index in [1.54, 1.807) is 0 Å². The first kappa shape index (κ1) is 12.0. The van der Waals surface area contributed by atoms with Gasteiger partial charge < -0.3 is 5.32 Å². The van der Waals surface area contributed by atoms with E-state index in [2.05, 4.69) is 17.1 Å². The van der Waals surface area contributed by atoms with Crippen LogP contribution in [0.3, 0.4) is 0 Å². The molecule has 2 heteroatoms. The summed E-state index contributed by atoms with van der Waals surface area (Å²) in [5.74, 6) is 1.01. The molecule has 1 N–H and O–H groups in total. The summed E-state index contributed by atoms with van der Waals surface area (Å²) < 4.78 is 0. The third-order valence-corrected chi connectivity index (χ3v) is 5.13. The maximum atomic E-state index is 3.77. The maximum Gasteiger partial charge on any atom is 0.0224 e. The van der Waals surface area contributed by atoms with Gasteiger partial charge in [-0.05, 0) is 38.5 Å². The van der Waals surface area contributed by atoms with Crippen LogP contribution in [0, 0.1) is 5.92 Å². The van der Waals surface area contributed by atoms with Gasteiger partial charge in [0, 0.05) is 31.2 Å². The molecule has 3 rings (SSSR count). The summed E-state index contributed by atoms with van der Waals surface area (Å²) >= 11 is 0. The van der Waals surface area contributed by atoms with Crippen LogP contribution in [0.5, 0.6) is 0 Å². The highest BCUT2D eigenvalue weighted by atomic mass is 15.3. The van der Waals surface area contributed by atoms with Crippen molar-refractivity contribution in [3.8, 4) is 0 Å². The van der Waals surface area contributed by atoms with Gasteiger partial charge in [-0.3, -0.25) is 4.90 Å². The molecule has 2 nitrogen and oxygen atoms in total. The van der Waals surface area contributed by atoms with E-state index >= 15 is 0 Å². The van der Waals surface area contributed by atoms with Crippen molar-refractivity contribution < 1.29 is 0 Å². The van der Waals surface area contributed by atoms with Crippen molar-refractivity contribution in [2.75, 3.05) is 13.1 Å². The van der Waals surface area contributed by atoms with E-state index in [4.69, 9.17) is 0 Å². The number of nitrogens with one attached hydrogen (secondary N) is 1. The molecule has 2 saturated carbocycles. The lowest BCUT2D eigenvalue weighted by Crippen LogP contribution is -2.59. The van der Waals surface area contributed by atoms with Crippen LogP contribution >= 0.6 is 0 Å². The Morgan fingerprint density at radius 3 is 2.29 bits per heavy atom. The van der Waals surface area contributed by atoms with Gasteiger partial charge >= 0.3 is 0 Å². The zero-order valence-corrected chi connectivity index (χ0v) is 11.3. The van der Waals surface area contributed by atoms with Gasteiger partial charge in [-0.2, -0.15) is 0 Å². The Balaban J connectivity index is 1.61. The molecular formula is C15H28N2. The molecule has 0 bridgehead atoms. The first-order valence-electron chi connectivity index (χ1n) is 7.84. The fraction of sp³-hybridized carbons (Fsp3) is 1.00. The van der Waals surface area contributed by atoms with Gasteiger partial charge in [0.15, 0.2) is 0 Å². The van der Waals surface area contributed by atoms with Crippen molar-refractivity contribution in [3.63, 3.8) is 0 Å². The van der Waals surface area contributed by atoms with Crippen LogP contribution in [-0.4, -0.2) is 36.1 Å². The molecule has 0 amide bonds. The Bertz CT molecular complexity index is 241. The van der Waals surface area contributed by atoms with Crippen LogP contribution in [0.25, 0.3) is 0 Å². The van der Waals surface area contributed by atoms with Crippen LogP contribution in [0.4, 0.5) is 0 Å². The molecule has 2 unspecified atom stereocenters. The molecule has 0 aromatic heterocycles. The van der Waals surface area contributed by atoms with Gasteiger partial charge in [-0.25, -0.2) is 0 Å². The van der Waals surface area contributed by atoms with Crippen LogP contribution < -0.4 is 5.32 Å². The Labute approximate surface area is 106 Å². The number of hydrogen-bond donors (Lipinski definition) is 1. The van der Waals surface area contributed by atoms with Crippen molar-refractivity contribution in [1.82, 2.24) is 10.2 Å². The van der Waals surface area contributed by atoms with Gasteiger partial charge in [0.1, 0.15) is 0 Å². The van der Waals surface area contributed by atoms with Gasteiger partial charge in [0.05, 0.1) is 0 Å². The van der Waals surface area contributed by atoms with E-state index in [0.29, 0.717) is 0 Å². The average molecular weight is 236 g/mol. The minimum absolute atomic E-state index is 0.757. The largest absolute Gasteiger partial charge is 0.311 e. The highest BCUT2D eigenvalue weighted by Crippen LogP contribution is 2.35. The molecule has 98 valence electrons. The molecule has 0 aromatic rings. The zero-order valence-electron chi connectivity index (χ0n) is 11.3. The molecule has 3 aliphatic rings. The molecule has 0 aromatic carbocycles. The first-order chi connectivity index (χ1) is 8.34. The Kier molecular flexibility index (Phi) is 3.72. The van der Waals surface area contributed by atoms with Crippen molar-refractivity contribution in [2.45, 2.75) is 76.4 Å². The molecule has 3 fully saturated rings. The predicted octanol–water partition coefficient (Wildman–Crippen LogP) is 2.78. The highest BCUT2D eigenvalue weighted by Gasteiger charge is 2.37. The maximum absolute atomic E-state index is 3.77. The Morgan fingerprint density at radius 2 is 1.65 bits per heavy atom. The fourth-order valence-electron chi connectivity index (χ4n) is 3.82. The smallest absolute Gasteiger partial charge is 0.0224 e. The second kappa shape index (κ2) is 5.27. The average Bonchev–Trinajstić information content (AvgIpc) is 3.17. The molecule has 0 radical (unpaired) electrons. The van der Waals surface area contributed by atoms with Crippen LogP contribution in [0.15, 0.2) is 0 Å². The minimum atomic E-state index is 0.757. The second-order valence-corrected chi connectivity index (χ2v) is 6.54. The molecule has 2 atom stereocenters. The predicted molar refractivity (Wildman–Crippen MR) is 72.2 cm³/mol. The lowest BCUT2D eigenvalue weighted by Gasteiger charge is -2.43. The lowest BCUT2D eigenvalue weighted by molar-refractivity contribution is 0.0766. The summed E-state index contributed by atoms with van der Waals surface area (Å²) in [4.78, 5) is 2.85. The van der Waals surface area contributed by atoms with Crippen LogP contribution in [0.1, 0.15) is 58.3 Å². The number of nitrogens with zero attached hydrogens (tertiary/aromatic N) is 1. The van der Waals surface area contributed by atoms with Gasteiger partial charge in [0.25, 0.3) is 0 Å². The molecule has 1 heterocycles. The molecule has 1 aliphatic heterocycles. The number of hydrogen-bond acceptors (Lipinski definition) is 2. The quantitative estimate of drug-likeness (QED) is 0.742. The van der Waals surface area contributed by atoms with Crippen molar-refractivity contribution >= 4 is 0 Å². The summed E-state index contributed by atoms with van der Waals surface area (Å²) in [6.07, 6.45) is 11.8. The lowest BCUT2D eigenvalue weighted by atomic mass is 9.99. The first-order valence-corrected chi connectivity index (χ1v) is 7.84. The Hall–Kier alpha value is -0.0800. The van der Waals surface area contributed by atoms with E-state index in [1.165, 1.54) is 64.5 Å². The third-order valence-electron chi connectivity index (χ3n) is 5.13. The SMILES string of the molecule is CC1CNC(C2CC2)CN1C1CCCCCC1. The van der Waals surface area contributed by atoms with E-state index in [9.17, 15) is 0 Å². The molecule has 1 saturated heterocycles. The third kappa shape index (κ3) is 2.85. The molecule has 0 spiro atoms. The standard InChI is InChI=1S/C15H28N2/c1-12-10-16-15(13-8-9-13)11-17(12)14-6-4-2-3-5-7-14/h12-16H,2-11H2,1H3. The minimum Gasteiger partial charge on any atom is -0.311 e. The summed E-state index contributed by atoms with van der Waals surface area (Å²) in [7, 11) is 0. The molecule has 17 heavy (non-hydrogen) atoms. The normalized spacial score (nSPS) is 37.9. The topological polar surface area (TPSA) is 15.3 Å². The second-order valence-electron chi connectivity index (χ2n) is 6.54. The van der Waals surface area contributed by atoms with Gasteiger partial charge in [-0.1, -0.05) is 25.7 Å². The van der Waals surface area contributed by atoms with Crippen LogP contribution in [0.2, 0.25) is 0 Å².